The number of aliphatic hydroxyl groups excluding tert-OH is 1. The lowest BCUT2D eigenvalue weighted by atomic mass is 10.2. The normalized spacial score (nSPS) is 11.6. The molecule has 2 rings (SSSR count). The number of halogens is 4. The highest BCUT2D eigenvalue weighted by atomic mass is 35.5. The summed E-state index contributed by atoms with van der Waals surface area (Å²) in [4.78, 5) is 12.2. The summed E-state index contributed by atoms with van der Waals surface area (Å²) in [6.07, 6.45) is -3.40. The largest absolute Gasteiger partial charge is 0.416 e. The average Bonchev–Trinajstić information content (AvgIpc) is 2.49. The smallest absolute Gasteiger partial charge is 0.394 e. The van der Waals surface area contributed by atoms with E-state index in [0.717, 1.165) is 34.1 Å². The summed E-state index contributed by atoms with van der Waals surface area (Å²) in [5.41, 5.74) is -1.75. The minimum absolute atomic E-state index is 0.00835. The van der Waals surface area contributed by atoms with Crippen LogP contribution >= 0.6 is 11.6 Å². The first-order valence-corrected chi connectivity index (χ1v) is 6.72. The molecule has 10 heteroatoms. The molecule has 0 saturated carbocycles. The predicted octanol–water partition coefficient (Wildman–Crippen LogP) is 1.58. The molecule has 1 heterocycles. The Hall–Kier alpha value is -2.10. The Morgan fingerprint density at radius 2 is 2.09 bits per heavy atom. The van der Waals surface area contributed by atoms with Crippen LogP contribution in [0, 0.1) is 0 Å². The van der Waals surface area contributed by atoms with Gasteiger partial charge in [0.25, 0.3) is 5.56 Å². The maximum Gasteiger partial charge on any atom is 0.416 e. The fourth-order valence-electron chi connectivity index (χ4n) is 1.85. The van der Waals surface area contributed by atoms with Crippen LogP contribution in [0.15, 0.2) is 35.3 Å². The van der Waals surface area contributed by atoms with Crippen molar-refractivity contribution >= 4 is 17.3 Å². The first-order valence-electron chi connectivity index (χ1n) is 6.34. The second-order valence-electron chi connectivity index (χ2n) is 4.53. The van der Waals surface area contributed by atoms with Gasteiger partial charge >= 0.3 is 6.18 Å². The number of aromatic nitrogens is 2. The van der Waals surface area contributed by atoms with Gasteiger partial charge in [-0.1, -0.05) is 17.7 Å². The third-order valence-electron chi connectivity index (χ3n) is 2.97. The molecule has 1 aromatic heterocycles. The Balaban J connectivity index is 2.50. The molecule has 6 nitrogen and oxygen atoms in total. The predicted molar refractivity (Wildman–Crippen MR) is 78.5 cm³/mol. The van der Waals surface area contributed by atoms with Gasteiger partial charge in [0, 0.05) is 0 Å². The van der Waals surface area contributed by atoms with E-state index in [1.165, 1.54) is 6.07 Å². The highest BCUT2D eigenvalue weighted by Gasteiger charge is 2.30. The van der Waals surface area contributed by atoms with Crippen LogP contribution in [0.5, 0.6) is 0 Å². The zero-order valence-corrected chi connectivity index (χ0v) is 12.3. The summed E-state index contributed by atoms with van der Waals surface area (Å²) in [7, 11) is 0. The molecule has 23 heavy (non-hydrogen) atoms. The van der Waals surface area contributed by atoms with Crippen molar-refractivity contribution in [3.05, 3.63) is 51.4 Å². The van der Waals surface area contributed by atoms with Gasteiger partial charge in [0.05, 0.1) is 36.3 Å². The van der Waals surface area contributed by atoms with Gasteiger partial charge in [-0.05, 0) is 18.2 Å². The number of aliphatic hydroxyl groups is 1. The first kappa shape index (κ1) is 17.3. The van der Waals surface area contributed by atoms with E-state index in [1.54, 1.807) is 0 Å². The number of benzene rings is 1. The molecule has 0 bridgehead atoms. The molecule has 0 aliphatic carbocycles. The van der Waals surface area contributed by atoms with E-state index in [1.807, 2.05) is 0 Å². The molecular weight excluding hydrogens is 337 g/mol. The van der Waals surface area contributed by atoms with Crippen LogP contribution < -0.4 is 16.4 Å². The number of nitrogens with two attached hydrogens (primary N) is 1. The van der Waals surface area contributed by atoms with Gasteiger partial charge in [-0.25, -0.2) is 5.84 Å². The van der Waals surface area contributed by atoms with Crippen LogP contribution in [0.25, 0.3) is 5.69 Å². The molecule has 0 spiro atoms. The molecule has 2 aromatic rings. The molecular formula is C13H12ClF3N4O2. The van der Waals surface area contributed by atoms with Crippen LogP contribution in [-0.2, 0) is 6.18 Å². The third-order valence-corrected chi connectivity index (χ3v) is 3.32. The summed E-state index contributed by atoms with van der Waals surface area (Å²) in [6, 6.07) is 4.13. The maximum atomic E-state index is 12.7. The topological polar surface area (TPSA) is 84.4 Å². The monoisotopic (exact) mass is 348 g/mol. The number of rotatable bonds is 4. The summed E-state index contributed by atoms with van der Waals surface area (Å²) in [5.74, 6) is 5.60. The molecule has 0 unspecified atom stereocenters. The van der Waals surface area contributed by atoms with E-state index in [-0.39, 0.29) is 29.5 Å². The van der Waals surface area contributed by atoms with Crippen LogP contribution in [0.2, 0.25) is 5.02 Å². The maximum absolute atomic E-state index is 12.7. The van der Waals surface area contributed by atoms with Crippen molar-refractivity contribution in [3.63, 3.8) is 0 Å². The molecule has 3 N–H and O–H groups in total. The van der Waals surface area contributed by atoms with E-state index in [4.69, 9.17) is 22.6 Å². The van der Waals surface area contributed by atoms with Crippen molar-refractivity contribution in [2.24, 2.45) is 5.84 Å². The van der Waals surface area contributed by atoms with Crippen LogP contribution in [0.4, 0.5) is 18.9 Å². The van der Waals surface area contributed by atoms with Crippen molar-refractivity contribution in [2.75, 3.05) is 18.2 Å². The number of nitrogens with zero attached hydrogens (tertiary/aromatic N) is 3. The molecule has 0 radical (unpaired) electrons. The lowest BCUT2D eigenvalue weighted by molar-refractivity contribution is -0.137. The van der Waals surface area contributed by atoms with Crippen molar-refractivity contribution in [1.82, 2.24) is 9.78 Å². The number of anilines is 1. The van der Waals surface area contributed by atoms with E-state index in [2.05, 4.69) is 5.10 Å². The van der Waals surface area contributed by atoms with Gasteiger partial charge < -0.3 is 10.1 Å². The second-order valence-corrected chi connectivity index (χ2v) is 4.90. The van der Waals surface area contributed by atoms with Gasteiger partial charge in [0.15, 0.2) is 0 Å². The Morgan fingerprint density at radius 3 is 2.70 bits per heavy atom. The SMILES string of the molecule is NN(CCO)c1cnn(-c2cccc(C(F)(F)F)c2)c(=O)c1Cl. The molecule has 0 atom stereocenters. The zero-order valence-electron chi connectivity index (χ0n) is 11.6. The van der Waals surface area contributed by atoms with E-state index < -0.39 is 17.3 Å². The first-order chi connectivity index (χ1) is 10.8. The minimum Gasteiger partial charge on any atom is -0.394 e. The quantitative estimate of drug-likeness (QED) is 0.647. The van der Waals surface area contributed by atoms with Crippen molar-refractivity contribution < 1.29 is 18.3 Å². The number of hydrogen-bond donors (Lipinski definition) is 2. The van der Waals surface area contributed by atoms with Crippen LogP contribution in [0.1, 0.15) is 5.56 Å². The standard InChI is InChI=1S/C13H12ClF3N4O2/c14-11-10(20(18)4-5-22)7-19-21(12(11)23)9-3-1-2-8(6-9)13(15,16)17/h1-3,6-7,22H,4-5,18H2. The van der Waals surface area contributed by atoms with Gasteiger partial charge in [0.2, 0.25) is 0 Å². The summed E-state index contributed by atoms with van der Waals surface area (Å²) >= 11 is 5.91. The molecule has 124 valence electrons. The van der Waals surface area contributed by atoms with Gasteiger partial charge in [-0.2, -0.15) is 23.0 Å². The third kappa shape index (κ3) is 3.63. The molecule has 0 amide bonds. The Bertz CT molecular complexity index is 764. The second kappa shape index (κ2) is 6.57. The molecule has 0 aliphatic heterocycles. The minimum atomic E-state index is -4.54. The van der Waals surface area contributed by atoms with Crippen LogP contribution in [0.3, 0.4) is 0 Å². The highest BCUT2D eigenvalue weighted by Crippen LogP contribution is 2.30. The van der Waals surface area contributed by atoms with E-state index in [9.17, 15) is 18.0 Å². The van der Waals surface area contributed by atoms with Gasteiger partial charge in [-0.15, -0.1) is 0 Å². The van der Waals surface area contributed by atoms with Crippen molar-refractivity contribution in [3.8, 4) is 5.69 Å². The number of hydrazine groups is 1. The number of alkyl halides is 3. The fourth-order valence-corrected chi connectivity index (χ4v) is 2.09. The van der Waals surface area contributed by atoms with Crippen molar-refractivity contribution in [1.29, 1.82) is 0 Å². The van der Waals surface area contributed by atoms with Gasteiger partial charge in [0.1, 0.15) is 5.02 Å². The Morgan fingerprint density at radius 1 is 1.39 bits per heavy atom. The Labute approximate surface area is 133 Å². The van der Waals surface area contributed by atoms with E-state index >= 15 is 0 Å². The summed E-state index contributed by atoms with van der Waals surface area (Å²) < 4.78 is 39.0. The number of hydrogen-bond acceptors (Lipinski definition) is 5. The summed E-state index contributed by atoms with van der Waals surface area (Å²) in [5, 5.41) is 13.3. The Kier molecular flexibility index (Phi) is 4.93. The fraction of sp³-hybridized carbons (Fsp3) is 0.231. The zero-order chi connectivity index (χ0) is 17.2. The van der Waals surface area contributed by atoms with Crippen LogP contribution in [-0.4, -0.2) is 28.0 Å². The molecule has 1 aromatic carbocycles. The van der Waals surface area contributed by atoms with E-state index in [0.29, 0.717) is 0 Å². The van der Waals surface area contributed by atoms with Crippen molar-refractivity contribution in [2.45, 2.75) is 6.18 Å². The molecule has 0 aliphatic rings. The molecule has 0 saturated heterocycles. The average molecular weight is 349 g/mol. The summed E-state index contributed by atoms with van der Waals surface area (Å²) in [6.45, 7) is -0.266. The lowest BCUT2D eigenvalue weighted by Crippen LogP contribution is -2.36. The highest BCUT2D eigenvalue weighted by molar-refractivity contribution is 6.33. The van der Waals surface area contributed by atoms with Gasteiger partial charge in [-0.3, -0.25) is 4.79 Å². The molecule has 0 fully saturated rings. The lowest BCUT2D eigenvalue weighted by Gasteiger charge is -2.18.